The molecule has 1 unspecified atom stereocenters. The second kappa shape index (κ2) is 5.84. The molecule has 0 aliphatic rings. The van der Waals surface area contributed by atoms with E-state index in [0.29, 0.717) is 18.3 Å². The molecule has 0 radical (unpaired) electrons. The van der Waals surface area contributed by atoms with Crippen molar-refractivity contribution < 1.29 is 9.26 Å². The molecule has 1 aromatic carbocycles. The fraction of sp³-hybridized carbons (Fsp3) is 0.429. The standard InChI is InChI=1S/C14H19N3O2/c1-4-18-11-7-5-6-10(8-11)12(15)13-16-14(9(2)3)19-17-13/h5-9,12H,4,15H2,1-3H3. The van der Waals surface area contributed by atoms with Gasteiger partial charge >= 0.3 is 0 Å². The first kappa shape index (κ1) is 13.5. The van der Waals surface area contributed by atoms with Crippen LogP contribution < -0.4 is 10.5 Å². The highest BCUT2D eigenvalue weighted by molar-refractivity contribution is 5.32. The van der Waals surface area contributed by atoms with Crippen molar-refractivity contribution >= 4 is 0 Å². The average molecular weight is 261 g/mol. The van der Waals surface area contributed by atoms with Gasteiger partial charge in [-0.15, -0.1) is 0 Å². The predicted octanol–water partition coefficient (Wildman–Crippen LogP) is 2.64. The molecule has 0 aliphatic heterocycles. The number of hydrogen-bond donors (Lipinski definition) is 1. The minimum absolute atomic E-state index is 0.197. The minimum Gasteiger partial charge on any atom is -0.494 e. The van der Waals surface area contributed by atoms with Gasteiger partial charge in [0.1, 0.15) is 5.75 Å². The second-order valence-electron chi connectivity index (χ2n) is 4.63. The number of aromatic nitrogens is 2. The lowest BCUT2D eigenvalue weighted by Crippen LogP contribution is -2.13. The monoisotopic (exact) mass is 261 g/mol. The molecule has 2 aromatic rings. The minimum atomic E-state index is -0.406. The zero-order chi connectivity index (χ0) is 13.8. The van der Waals surface area contributed by atoms with Gasteiger partial charge in [0.2, 0.25) is 5.89 Å². The second-order valence-corrected chi connectivity index (χ2v) is 4.63. The SMILES string of the molecule is CCOc1cccc(C(N)c2noc(C(C)C)n2)c1. The van der Waals surface area contributed by atoms with Crippen molar-refractivity contribution in [1.29, 1.82) is 0 Å². The Labute approximate surface area is 112 Å². The lowest BCUT2D eigenvalue weighted by molar-refractivity contribution is 0.339. The third-order valence-corrected chi connectivity index (χ3v) is 2.76. The van der Waals surface area contributed by atoms with Gasteiger partial charge in [-0.2, -0.15) is 4.98 Å². The van der Waals surface area contributed by atoms with Gasteiger partial charge in [0.25, 0.3) is 0 Å². The van der Waals surface area contributed by atoms with Gasteiger partial charge in [-0.3, -0.25) is 0 Å². The van der Waals surface area contributed by atoms with Gasteiger partial charge in [0, 0.05) is 5.92 Å². The van der Waals surface area contributed by atoms with E-state index in [1.54, 1.807) is 0 Å². The van der Waals surface area contributed by atoms with Crippen molar-refractivity contribution in [2.45, 2.75) is 32.7 Å². The molecule has 102 valence electrons. The molecule has 0 amide bonds. The quantitative estimate of drug-likeness (QED) is 0.895. The lowest BCUT2D eigenvalue weighted by atomic mass is 10.1. The predicted molar refractivity (Wildman–Crippen MR) is 72.0 cm³/mol. The molecule has 5 nitrogen and oxygen atoms in total. The smallest absolute Gasteiger partial charge is 0.229 e. The molecule has 0 bridgehead atoms. The van der Waals surface area contributed by atoms with Crippen molar-refractivity contribution in [2.24, 2.45) is 5.73 Å². The van der Waals surface area contributed by atoms with Crippen LogP contribution in [0.25, 0.3) is 0 Å². The Hall–Kier alpha value is -1.88. The molecular formula is C14H19N3O2. The van der Waals surface area contributed by atoms with E-state index in [1.807, 2.05) is 45.0 Å². The Morgan fingerprint density at radius 1 is 1.37 bits per heavy atom. The van der Waals surface area contributed by atoms with Gasteiger partial charge < -0.3 is 15.0 Å². The van der Waals surface area contributed by atoms with E-state index in [2.05, 4.69) is 10.1 Å². The molecule has 0 saturated carbocycles. The molecule has 5 heteroatoms. The van der Waals surface area contributed by atoms with E-state index in [-0.39, 0.29) is 5.92 Å². The Kier molecular flexibility index (Phi) is 4.16. The van der Waals surface area contributed by atoms with Gasteiger partial charge in [0.05, 0.1) is 12.6 Å². The van der Waals surface area contributed by atoms with E-state index in [4.69, 9.17) is 15.0 Å². The van der Waals surface area contributed by atoms with E-state index >= 15 is 0 Å². The summed E-state index contributed by atoms with van der Waals surface area (Å²) in [7, 11) is 0. The van der Waals surface area contributed by atoms with Gasteiger partial charge in [0.15, 0.2) is 5.82 Å². The third-order valence-electron chi connectivity index (χ3n) is 2.76. The zero-order valence-corrected chi connectivity index (χ0v) is 11.5. The number of nitrogens with zero attached hydrogens (tertiary/aromatic N) is 2. The van der Waals surface area contributed by atoms with Crippen LogP contribution in [0, 0.1) is 0 Å². The summed E-state index contributed by atoms with van der Waals surface area (Å²) in [6, 6.07) is 7.23. The Morgan fingerprint density at radius 2 is 2.16 bits per heavy atom. The summed E-state index contributed by atoms with van der Waals surface area (Å²) < 4.78 is 10.6. The Morgan fingerprint density at radius 3 is 2.79 bits per heavy atom. The maximum Gasteiger partial charge on any atom is 0.229 e. The molecule has 19 heavy (non-hydrogen) atoms. The highest BCUT2D eigenvalue weighted by Crippen LogP contribution is 2.22. The number of hydrogen-bond acceptors (Lipinski definition) is 5. The molecule has 1 heterocycles. The largest absolute Gasteiger partial charge is 0.494 e. The highest BCUT2D eigenvalue weighted by atomic mass is 16.5. The molecule has 1 atom stereocenters. The maximum atomic E-state index is 6.15. The Bertz CT molecular complexity index is 537. The topological polar surface area (TPSA) is 74.2 Å². The van der Waals surface area contributed by atoms with Gasteiger partial charge in [-0.1, -0.05) is 31.1 Å². The molecule has 0 spiro atoms. The highest BCUT2D eigenvalue weighted by Gasteiger charge is 2.18. The van der Waals surface area contributed by atoms with E-state index in [1.165, 1.54) is 0 Å². The first-order valence-electron chi connectivity index (χ1n) is 6.43. The van der Waals surface area contributed by atoms with Crippen LogP contribution in [0.4, 0.5) is 0 Å². The molecule has 0 saturated heterocycles. The molecule has 2 N–H and O–H groups in total. The zero-order valence-electron chi connectivity index (χ0n) is 11.5. The summed E-state index contributed by atoms with van der Waals surface area (Å²) >= 11 is 0. The van der Waals surface area contributed by atoms with Crippen LogP contribution in [0.15, 0.2) is 28.8 Å². The van der Waals surface area contributed by atoms with Crippen molar-refractivity contribution in [1.82, 2.24) is 10.1 Å². The van der Waals surface area contributed by atoms with Crippen LogP contribution >= 0.6 is 0 Å². The summed E-state index contributed by atoms with van der Waals surface area (Å²) in [5.41, 5.74) is 7.06. The molecule has 0 fully saturated rings. The van der Waals surface area contributed by atoms with Crippen molar-refractivity contribution in [3.8, 4) is 5.75 Å². The molecule has 0 aliphatic carbocycles. The van der Waals surface area contributed by atoms with E-state index < -0.39 is 6.04 Å². The van der Waals surface area contributed by atoms with Gasteiger partial charge in [-0.25, -0.2) is 0 Å². The van der Waals surface area contributed by atoms with Crippen LogP contribution in [0.2, 0.25) is 0 Å². The van der Waals surface area contributed by atoms with Crippen LogP contribution in [0.3, 0.4) is 0 Å². The summed E-state index contributed by atoms with van der Waals surface area (Å²) in [5.74, 6) is 2.09. The number of rotatable bonds is 5. The summed E-state index contributed by atoms with van der Waals surface area (Å²) in [5, 5.41) is 3.94. The first-order valence-corrected chi connectivity index (χ1v) is 6.43. The molecular weight excluding hydrogens is 242 g/mol. The molecule has 1 aromatic heterocycles. The summed E-state index contributed by atoms with van der Waals surface area (Å²) in [4.78, 5) is 4.32. The van der Waals surface area contributed by atoms with E-state index in [9.17, 15) is 0 Å². The van der Waals surface area contributed by atoms with Crippen LogP contribution in [0.1, 0.15) is 50.0 Å². The first-order chi connectivity index (χ1) is 9.11. The van der Waals surface area contributed by atoms with Crippen molar-refractivity contribution in [2.75, 3.05) is 6.61 Å². The maximum absolute atomic E-state index is 6.15. The Balaban J connectivity index is 2.22. The molecule has 2 rings (SSSR count). The number of benzene rings is 1. The van der Waals surface area contributed by atoms with Gasteiger partial charge in [-0.05, 0) is 24.6 Å². The summed E-state index contributed by atoms with van der Waals surface area (Å²) in [6.07, 6.45) is 0. The fourth-order valence-electron chi connectivity index (χ4n) is 1.72. The van der Waals surface area contributed by atoms with E-state index in [0.717, 1.165) is 11.3 Å². The third kappa shape index (κ3) is 3.12. The van der Waals surface area contributed by atoms with Crippen LogP contribution in [-0.2, 0) is 0 Å². The van der Waals surface area contributed by atoms with Crippen LogP contribution in [-0.4, -0.2) is 16.7 Å². The number of ether oxygens (including phenoxy) is 1. The number of nitrogens with two attached hydrogens (primary N) is 1. The fourth-order valence-corrected chi connectivity index (χ4v) is 1.72. The van der Waals surface area contributed by atoms with Crippen molar-refractivity contribution in [3.05, 3.63) is 41.5 Å². The normalized spacial score (nSPS) is 12.7. The van der Waals surface area contributed by atoms with Crippen molar-refractivity contribution in [3.63, 3.8) is 0 Å². The average Bonchev–Trinajstić information content (AvgIpc) is 2.88. The lowest BCUT2D eigenvalue weighted by Gasteiger charge is -2.09. The summed E-state index contributed by atoms with van der Waals surface area (Å²) in [6.45, 7) is 6.57. The van der Waals surface area contributed by atoms with Crippen LogP contribution in [0.5, 0.6) is 5.75 Å².